The summed E-state index contributed by atoms with van der Waals surface area (Å²) in [5.41, 5.74) is 0.677. The van der Waals surface area contributed by atoms with Crippen molar-refractivity contribution in [2.75, 3.05) is 0 Å². The van der Waals surface area contributed by atoms with Gasteiger partial charge >= 0.3 is 0 Å². The van der Waals surface area contributed by atoms with Gasteiger partial charge in [-0.1, -0.05) is 18.2 Å². The first-order valence-corrected chi connectivity index (χ1v) is 7.28. The molecular weight excluding hydrogens is 246 g/mol. The number of aromatic nitrogens is 1. The Hall–Kier alpha value is -1.40. The zero-order valence-corrected chi connectivity index (χ0v) is 9.51. The number of hydrogen-bond acceptors (Lipinski definition) is 5. The van der Waals surface area contributed by atoms with Crippen LogP contribution in [0, 0.1) is 0 Å². The lowest BCUT2D eigenvalue weighted by atomic mass is 10.2. The minimum Gasteiger partial charge on any atom is -0.279 e. The van der Waals surface area contributed by atoms with Crippen LogP contribution in [-0.2, 0) is 8.87 Å². The number of benzene rings is 1. The van der Waals surface area contributed by atoms with Crippen molar-refractivity contribution >= 4 is 35.7 Å². The van der Waals surface area contributed by atoms with E-state index in [0.29, 0.717) is 16.3 Å². The van der Waals surface area contributed by atoms with E-state index in [-0.39, 0.29) is 10.6 Å². The number of fused-ring (bicyclic) bond motifs is 2. The van der Waals surface area contributed by atoms with Crippen LogP contribution in [0.4, 0.5) is 0 Å². The number of carbonyl (C=O) groups excluding carboxylic acids is 1. The van der Waals surface area contributed by atoms with Crippen molar-refractivity contribution in [2.24, 2.45) is 0 Å². The van der Waals surface area contributed by atoms with E-state index >= 15 is 0 Å². The molecule has 0 amide bonds. The third-order valence-electron chi connectivity index (χ3n) is 2.34. The molecule has 2 aromatic rings. The Morgan fingerprint density at radius 3 is 2.75 bits per heavy atom. The standard InChI is InChI=1S/C10H5NO3S2/c12-10-9-8(16(13,14)15-10)5-6-3-1-2-4-7(6)11-9/h1-5H. The number of pyridine rings is 1. The molecule has 0 N–H and O–H groups in total. The summed E-state index contributed by atoms with van der Waals surface area (Å²) in [6, 6.07) is 8.62. The number of rotatable bonds is 0. The highest BCUT2D eigenvalue weighted by atomic mass is 33.1. The van der Waals surface area contributed by atoms with Crippen molar-refractivity contribution in [1.82, 2.24) is 4.98 Å². The van der Waals surface area contributed by atoms with Gasteiger partial charge in [-0.2, -0.15) is 0 Å². The molecule has 1 aromatic carbocycles. The first kappa shape index (κ1) is 9.80. The fourth-order valence-electron chi connectivity index (χ4n) is 1.62. The Labute approximate surface area is 95.0 Å². The van der Waals surface area contributed by atoms with E-state index in [1.165, 1.54) is 6.07 Å². The van der Waals surface area contributed by atoms with E-state index in [2.05, 4.69) is 4.98 Å². The molecule has 0 radical (unpaired) electrons. The van der Waals surface area contributed by atoms with Crippen molar-refractivity contribution in [1.29, 1.82) is 0 Å². The monoisotopic (exact) mass is 251 g/mol. The van der Waals surface area contributed by atoms with E-state index in [4.69, 9.17) is 0 Å². The summed E-state index contributed by atoms with van der Waals surface area (Å²) in [5.74, 6) is 0. The van der Waals surface area contributed by atoms with Gasteiger partial charge in [-0.25, -0.2) is 13.4 Å². The van der Waals surface area contributed by atoms with Crippen molar-refractivity contribution in [3.63, 3.8) is 0 Å². The van der Waals surface area contributed by atoms with Gasteiger partial charge in [0.05, 0.1) is 16.3 Å². The Balaban J connectivity index is 2.47. The Kier molecular flexibility index (Phi) is 1.87. The molecule has 0 spiro atoms. The molecule has 0 saturated heterocycles. The van der Waals surface area contributed by atoms with Crippen molar-refractivity contribution in [2.45, 2.75) is 4.90 Å². The van der Waals surface area contributed by atoms with Crippen LogP contribution in [0.2, 0.25) is 0 Å². The molecule has 0 saturated carbocycles. The Morgan fingerprint density at radius 2 is 1.94 bits per heavy atom. The lowest BCUT2D eigenvalue weighted by Crippen LogP contribution is -1.95. The third kappa shape index (κ3) is 1.27. The van der Waals surface area contributed by atoms with Crippen LogP contribution >= 0.6 is 10.8 Å². The highest BCUT2D eigenvalue weighted by molar-refractivity contribution is 8.78. The van der Waals surface area contributed by atoms with Gasteiger partial charge in [-0.05, 0) is 12.1 Å². The predicted octanol–water partition coefficient (Wildman–Crippen LogP) is 1.81. The van der Waals surface area contributed by atoms with Crippen LogP contribution < -0.4 is 0 Å². The molecule has 0 atom stereocenters. The number of nitrogens with zero attached hydrogens (tertiary/aromatic N) is 1. The van der Waals surface area contributed by atoms with Crippen LogP contribution in [0.15, 0.2) is 35.2 Å². The summed E-state index contributed by atoms with van der Waals surface area (Å²) in [6.07, 6.45) is 0. The van der Waals surface area contributed by atoms with E-state index < -0.39 is 14.0 Å². The zero-order valence-electron chi connectivity index (χ0n) is 7.88. The SMILES string of the molecule is O=C1SS(=O)(=O)c2cc3ccccc3nc21. The van der Waals surface area contributed by atoms with Gasteiger partial charge in [0, 0.05) is 5.39 Å². The van der Waals surface area contributed by atoms with Gasteiger partial charge in [0.1, 0.15) is 10.6 Å². The summed E-state index contributed by atoms with van der Waals surface area (Å²) in [7, 11) is -3.21. The van der Waals surface area contributed by atoms with Crippen LogP contribution in [0.1, 0.15) is 10.5 Å². The largest absolute Gasteiger partial charge is 0.279 e. The first-order valence-electron chi connectivity index (χ1n) is 4.46. The number of carbonyl (C=O) groups is 1. The highest BCUT2D eigenvalue weighted by Crippen LogP contribution is 2.37. The van der Waals surface area contributed by atoms with Crippen LogP contribution in [0.25, 0.3) is 10.9 Å². The quantitative estimate of drug-likeness (QED) is 0.668. The fraction of sp³-hybridized carbons (Fsp3) is 0. The molecule has 6 heteroatoms. The predicted molar refractivity (Wildman–Crippen MR) is 60.9 cm³/mol. The molecule has 80 valence electrons. The molecular formula is C10H5NO3S2. The summed E-state index contributed by atoms with van der Waals surface area (Å²) >= 11 is 0. The molecule has 3 rings (SSSR count). The van der Waals surface area contributed by atoms with Crippen LogP contribution in [-0.4, -0.2) is 18.5 Å². The molecule has 4 nitrogen and oxygen atoms in total. The normalized spacial score (nSPS) is 17.6. The average Bonchev–Trinajstić information content (AvgIpc) is 2.47. The van der Waals surface area contributed by atoms with Gasteiger partial charge in [-0.15, -0.1) is 0 Å². The van der Waals surface area contributed by atoms with E-state index in [1.54, 1.807) is 24.3 Å². The minimum atomic E-state index is -3.54. The average molecular weight is 251 g/mol. The highest BCUT2D eigenvalue weighted by Gasteiger charge is 2.36. The molecule has 1 aromatic heterocycles. The summed E-state index contributed by atoms with van der Waals surface area (Å²) in [6.45, 7) is 0. The lowest BCUT2D eigenvalue weighted by Gasteiger charge is -1.99. The van der Waals surface area contributed by atoms with Gasteiger partial charge in [0.25, 0.3) is 5.12 Å². The molecule has 0 bridgehead atoms. The Bertz CT molecular complexity index is 722. The maximum Gasteiger partial charge on any atom is 0.254 e. The zero-order chi connectivity index (χ0) is 11.3. The molecule has 2 heterocycles. The molecule has 16 heavy (non-hydrogen) atoms. The second-order valence-electron chi connectivity index (χ2n) is 3.35. The smallest absolute Gasteiger partial charge is 0.254 e. The van der Waals surface area contributed by atoms with E-state index in [0.717, 1.165) is 5.39 Å². The van der Waals surface area contributed by atoms with E-state index in [1.807, 2.05) is 0 Å². The fourth-order valence-corrected chi connectivity index (χ4v) is 4.34. The minimum absolute atomic E-state index is 0.0289. The summed E-state index contributed by atoms with van der Waals surface area (Å²) < 4.78 is 23.2. The molecule has 0 unspecified atom stereocenters. The molecule has 0 aliphatic carbocycles. The van der Waals surface area contributed by atoms with Crippen molar-refractivity contribution < 1.29 is 13.2 Å². The van der Waals surface area contributed by atoms with Crippen molar-refractivity contribution in [3.05, 3.63) is 36.0 Å². The molecule has 0 fully saturated rings. The van der Waals surface area contributed by atoms with Crippen molar-refractivity contribution in [3.8, 4) is 0 Å². The number of hydrogen-bond donors (Lipinski definition) is 0. The second-order valence-corrected chi connectivity index (χ2v) is 7.05. The van der Waals surface area contributed by atoms with Gasteiger partial charge in [0.15, 0.2) is 0 Å². The van der Waals surface area contributed by atoms with Crippen LogP contribution in [0.3, 0.4) is 0 Å². The lowest BCUT2D eigenvalue weighted by molar-refractivity contribution is 0.108. The van der Waals surface area contributed by atoms with E-state index in [9.17, 15) is 13.2 Å². The maximum atomic E-state index is 11.6. The molecule has 1 aliphatic heterocycles. The number of para-hydroxylation sites is 1. The first-order chi connectivity index (χ1) is 7.58. The van der Waals surface area contributed by atoms with Crippen LogP contribution in [0.5, 0.6) is 0 Å². The molecule has 1 aliphatic rings. The van der Waals surface area contributed by atoms with Gasteiger partial charge < -0.3 is 0 Å². The maximum absolute atomic E-state index is 11.6. The van der Waals surface area contributed by atoms with Gasteiger partial charge in [0.2, 0.25) is 8.87 Å². The van der Waals surface area contributed by atoms with Gasteiger partial charge in [-0.3, -0.25) is 4.79 Å². The Morgan fingerprint density at radius 1 is 1.19 bits per heavy atom. The third-order valence-corrected chi connectivity index (χ3v) is 5.40. The topological polar surface area (TPSA) is 64.1 Å². The second kappa shape index (κ2) is 3.05. The summed E-state index contributed by atoms with van der Waals surface area (Å²) in [4.78, 5) is 15.6. The summed E-state index contributed by atoms with van der Waals surface area (Å²) in [5, 5.41) is 0.223.